The third-order valence-electron chi connectivity index (χ3n) is 4.60. The molecule has 0 aliphatic carbocycles. The molecule has 1 N–H and O–H groups in total. The smallest absolute Gasteiger partial charge is 0.234 e. The van der Waals surface area contributed by atoms with Crippen molar-refractivity contribution in [3.8, 4) is 5.75 Å². The monoisotopic (exact) mass is 433 g/mol. The zero-order valence-corrected chi connectivity index (χ0v) is 17.7. The molecule has 3 aromatic rings. The summed E-state index contributed by atoms with van der Waals surface area (Å²) >= 11 is 1.35. The van der Waals surface area contributed by atoms with E-state index in [0.29, 0.717) is 12.1 Å². The number of nitrogens with one attached hydrogen (secondary N) is 1. The lowest BCUT2D eigenvalue weighted by Crippen LogP contribution is -2.16. The van der Waals surface area contributed by atoms with Crippen molar-refractivity contribution in [1.29, 1.82) is 0 Å². The molecular weight excluding hydrogens is 413 g/mol. The number of methoxy groups -OCH3 is 1. The second-order valence-electron chi connectivity index (χ2n) is 6.81. The molecule has 1 heterocycles. The maximum Gasteiger partial charge on any atom is 0.234 e. The van der Waals surface area contributed by atoms with Crippen LogP contribution in [-0.4, -0.2) is 29.5 Å². The number of hydrogen-bond donors (Lipinski definition) is 1. The number of para-hydroxylation sites is 2. The van der Waals surface area contributed by atoms with Crippen LogP contribution in [0.2, 0.25) is 0 Å². The number of thioether (sulfide) groups is 1. The summed E-state index contributed by atoms with van der Waals surface area (Å²) in [6.45, 7) is 0. The molecular formula is C24H20FN3O2S. The zero-order valence-electron chi connectivity index (χ0n) is 16.8. The molecule has 5 nitrogen and oxygen atoms in total. The van der Waals surface area contributed by atoms with Gasteiger partial charge < -0.3 is 10.1 Å². The molecule has 0 atom stereocenters. The number of anilines is 1. The van der Waals surface area contributed by atoms with Gasteiger partial charge in [0, 0.05) is 12.1 Å². The highest BCUT2D eigenvalue weighted by Gasteiger charge is 2.17. The Balaban J connectivity index is 1.52. The molecule has 0 saturated carbocycles. The van der Waals surface area contributed by atoms with Crippen LogP contribution in [0.1, 0.15) is 12.0 Å². The second-order valence-corrected chi connectivity index (χ2v) is 7.85. The molecule has 0 unspecified atom stereocenters. The molecule has 0 radical (unpaired) electrons. The average molecular weight is 434 g/mol. The minimum absolute atomic E-state index is 0.160. The molecule has 7 heteroatoms. The molecule has 1 aliphatic heterocycles. The minimum Gasteiger partial charge on any atom is -0.497 e. The highest BCUT2D eigenvalue weighted by Crippen LogP contribution is 2.33. The first kappa shape index (κ1) is 20.8. The molecule has 156 valence electrons. The summed E-state index contributed by atoms with van der Waals surface area (Å²) < 4.78 is 18.6. The first-order valence-corrected chi connectivity index (χ1v) is 10.7. The summed E-state index contributed by atoms with van der Waals surface area (Å²) in [6, 6.07) is 21.2. The largest absolute Gasteiger partial charge is 0.497 e. The van der Waals surface area contributed by atoms with Crippen LogP contribution in [0.4, 0.5) is 21.5 Å². The van der Waals surface area contributed by atoms with Crippen LogP contribution in [0.25, 0.3) is 0 Å². The third-order valence-corrected chi connectivity index (χ3v) is 5.58. The van der Waals surface area contributed by atoms with Gasteiger partial charge in [-0.2, -0.15) is 0 Å². The Labute approximate surface area is 184 Å². The van der Waals surface area contributed by atoms with Crippen LogP contribution in [0.3, 0.4) is 0 Å². The Morgan fingerprint density at radius 3 is 2.48 bits per heavy atom. The number of carbonyl (C=O) groups is 1. The number of fused-ring (bicyclic) bond motifs is 1. The molecule has 0 fully saturated rings. The van der Waals surface area contributed by atoms with E-state index in [9.17, 15) is 9.18 Å². The number of benzene rings is 3. The van der Waals surface area contributed by atoms with E-state index in [4.69, 9.17) is 14.7 Å². The Bertz CT molecular complexity index is 1160. The minimum atomic E-state index is -0.393. The van der Waals surface area contributed by atoms with Gasteiger partial charge in [-0.25, -0.2) is 9.38 Å². The molecule has 0 spiro atoms. The normalized spacial score (nSPS) is 12.8. The number of aliphatic imine (C=N–C) groups is 2. The average Bonchev–Trinajstić information content (AvgIpc) is 2.97. The maximum atomic E-state index is 13.3. The summed E-state index contributed by atoms with van der Waals surface area (Å²) in [6.07, 6.45) is 0.499. The van der Waals surface area contributed by atoms with Crippen LogP contribution in [-0.2, 0) is 4.79 Å². The summed E-state index contributed by atoms with van der Waals surface area (Å²) in [5.74, 6) is 0.318. The lowest BCUT2D eigenvalue weighted by atomic mass is 10.1. The van der Waals surface area contributed by atoms with E-state index in [1.54, 1.807) is 19.2 Å². The standard InChI is InChI=1S/C24H20FN3O2S/c1-30-19-11-9-16(10-12-19)22-14-24(28-21-8-3-2-7-20(21)27-22)31-15-23(29)26-18-6-4-5-17(25)13-18/h2-13H,14-15H2,1H3,(H,26,29). The van der Waals surface area contributed by atoms with E-state index < -0.39 is 5.82 Å². The highest BCUT2D eigenvalue weighted by atomic mass is 32.2. The Hall–Kier alpha value is -3.45. The summed E-state index contributed by atoms with van der Waals surface area (Å²) in [5, 5.41) is 3.50. The molecule has 0 saturated heterocycles. The van der Waals surface area contributed by atoms with Gasteiger partial charge in [0.25, 0.3) is 0 Å². The van der Waals surface area contributed by atoms with E-state index in [1.807, 2.05) is 48.5 Å². The number of ether oxygens (including phenoxy) is 1. The van der Waals surface area contributed by atoms with Gasteiger partial charge in [0.2, 0.25) is 5.91 Å². The molecule has 1 aliphatic rings. The van der Waals surface area contributed by atoms with Crippen LogP contribution >= 0.6 is 11.8 Å². The lowest BCUT2D eigenvalue weighted by molar-refractivity contribution is -0.113. The first-order valence-electron chi connectivity index (χ1n) is 9.67. The molecule has 1 amide bonds. The van der Waals surface area contributed by atoms with E-state index in [-0.39, 0.29) is 11.7 Å². The van der Waals surface area contributed by atoms with E-state index in [0.717, 1.165) is 33.4 Å². The maximum absolute atomic E-state index is 13.3. The van der Waals surface area contributed by atoms with Gasteiger partial charge in [-0.1, -0.05) is 18.2 Å². The number of rotatable bonds is 5. The van der Waals surface area contributed by atoms with Crippen LogP contribution in [0.5, 0.6) is 5.75 Å². The molecule has 0 aromatic heterocycles. The van der Waals surface area contributed by atoms with Gasteiger partial charge in [0.05, 0.1) is 35.0 Å². The van der Waals surface area contributed by atoms with Gasteiger partial charge in [0.1, 0.15) is 11.6 Å². The van der Waals surface area contributed by atoms with Gasteiger partial charge in [0.15, 0.2) is 0 Å². The Kier molecular flexibility index (Phi) is 6.43. The topological polar surface area (TPSA) is 63.1 Å². The summed E-state index contributed by atoms with van der Waals surface area (Å²) in [4.78, 5) is 21.9. The fraction of sp³-hybridized carbons (Fsp3) is 0.125. The predicted molar refractivity (Wildman–Crippen MR) is 125 cm³/mol. The van der Waals surface area contributed by atoms with Gasteiger partial charge in [-0.3, -0.25) is 9.79 Å². The van der Waals surface area contributed by atoms with Gasteiger partial charge >= 0.3 is 0 Å². The molecule has 3 aromatic carbocycles. The first-order chi connectivity index (χ1) is 15.1. The van der Waals surface area contributed by atoms with Crippen molar-refractivity contribution in [3.63, 3.8) is 0 Å². The molecule has 4 rings (SSSR count). The lowest BCUT2D eigenvalue weighted by Gasteiger charge is -2.09. The fourth-order valence-corrected chi connectivity index (χ4v) is 3.87. The summed E-state index contributed by atoms with van der Waals surface area (Å²) in [5.41, 5.74) is 3.81. The van der Waals surface area contributed by atoms with Gasteiger partial charge in [-0.05, 0) is 60.2 Å². The van der Waals surface area contributed by atoms with Gasteiger partial charge in [-0.15, -0.1) is 11.8 Å². The second kappa shape index (κ2) is 9.57. The fourth-order valence-electron chi connectivity index (χ4n) is 3.10. The Morgan fingerprint density at radius 2 is 1.77 bits per heavy atom. The summed E-state index contributed by atoms with van der Waals surface area (Å²) in [7, 11) is 1.63. The predicted octanol–water partition coefficient (Wildman–Crippen LogP) is 5.76. The van der Waals surface area contributed by atoms with E-state index in [1.165, 1.54) is 23.9 Å². The van der Waals surface area contributed by atoms with Crippen LogP contribution in [0.15, 0.2) is 82.8 Å². The Morgan fingerprint density at radius 1 is 1.03 bits per heavy atom. The number of hydrogen-bond acceptors (Lipinski definition) is 5. The number of amides is 1. The number of carbonyl (C=O) groups excluding carboxylic acids is 1. The molecule has 0 bridgehead atoms. The number of halogens is 1. The van der Waals surface area contributed by atoms with Crippen LogP contribution in [0, 0.1) is 5.82 Å². The zero-order chi connectivity index (χ0) is 21.6. The molecule has 31 heavy (non-hydrogen) atoms. The van der Waals surface area contributed by atoms with Crippen molar-refractivity contribution in [2.45, 2.75) is 6.42 Å². The third kappa shape index (κ3) is 5.38. The van der Waals surface area contributed by atoms with E-state index in [2.05, 4.69) is 5.32 Å². The quantitative estimate of drug-likeness (QED) is 0.556. The van der Waals surface area contributed by atoms with Crippen molar-refractivity contribution in [3.05, 3.63) is 84.2 Å². The van der Waals surface area contributed by atoms with Crippen molar-refractivity contribution in [2.75, 3.05) is 18.2 Å². The van der Waals surface area contributed by atoms with Crippen molar-refractivity contribution >= 4 is 45.5 Å². The van der Waals surface area contributed by atoms with Crippen molar-refractivity contribution < 1.29 is 13.9 Å². The van der Waals surface area contributed by atoms with Crippen molar-refractivity contribution in [2.24, 2.45) is 9.98 Å². The van der Waals surface area contributed by atoms with Crippen LogP contribution < -0.4 is 10.1 Å². The highest BCUT2D eigenvalue weighted by molar-refractivity contribution is 8.14. The van der Waals surface area contributed by atoms with Crippen molar-refractivity contribution in [1.82, 2.24) is 0 Å². The van der Waals surface area contributed by atoms with E-state index >= 15 is 0 Å². The number of nitrogens with zero attached hydrogens (tertiary/aromatic N) is 2. The SMILES string of the molecule is COc1ccc(C2=Nc3ccccc3N=C(SCC(=O)Nc3cccc(F)c3)C2)cc1.